The zero-order valence-electron chi connectivity index (χ0n) is 20.9. The van der Waals surface area contributed by atoms with E-state index >= 15 is 0 Å². The number of nitrogens with zero attached hydrogens (tertiary/aromatic N) is 2. The first-order valence-corrected chi connectivity index (χ1v) is 11.5. The normalized spacial score (nSPS) is 10.7. The van der Waals surface area contributed by atoms with Crippen LogP contribution in [0.3, 0.4) is 0 Å². The van der Waals surface area contributed by atoms with Crippen LogP contribution in [-0.4, -0.2) is 30.2 Å². The van der Waals surface area contributed by atoms with Crippen molar-refractivity contribution in [1.82, 2.24) is 5.16 Å². The molecule has 0 N–H and O–H groups in total. The number of methoxy groups -OCH3 is 1. The van der Waals surface area contributed by atoms with Crippen molar-refractivity contribution in [1.29, 1.82) is 0 Å². The van der Waals surface area contributed by atoms with Crippen LogP contribution in [-0.2, 0) is 20.9 Å². The molecule has 0 saturated carbocycles. The minimum absolute atomic E-state index is 0.0473. The van der Waals surface area contributed by atoms with E-state index in [-0.39, 0.29) is 45.7 Å². The molecule has 11 nitrogen and oxygen atoms in total. The number of ether oxygens (including phenoxy) is 4. The quantitative estimate of drug-likeness (QED) is 0.135. The first-order valence-electron chi connectivity index (χ1n) is 11.5. The fourth-order valence-electron chi connectivity index (χ4n) is 3.46. The Hall–Kier alpha value is -5.45. The summed E-state index contributed by atoms with van der Waals surface area (Å²) in [7, 11) is 1.39. The average molecular weight is 530 g/mol. The number of carbonyl (C=O) groups excluding carboxylic acids is 3. The van der Waals surface area contributed by atoms with Gasteiger partial charge >= 0.3 is 17.9 Å². The zero-order chi connectivity index (χ0) is 27.8. The third-order valence-corrected chi connectivity index (χ3v) is 5.26. The largest absolute Gasteiger partial charge is 0.493 e. The minimum atomic E-state index is -0.753. The Morgan fingerprint density at radius 1 is 0.949 bits per heavy atom. The second-order valence-corrected chi connectivity index (χ2v) is 7.92. The van der Waals surface area contributed by atoms with Gasteiger partial charge in [0.2, 0.25) is 5.69 Å². The van der Waals surface area contributed by atoms with Gasteiger partial charge in [0.15, 0.2) is 18.1 Å². The van der Waals surface area contributed by atoms with E-state index in [0.29, 0.717) is 11.1 Å². The molecule has 198 valence electrons. The molecule has 4 rings (SSSR count). The molecule has 0 fully saturated rings. The first kappa shape index (κ1) is 26.6. The van der Waals surface area contributed by atoms with Gasteiger partial charge in [-0.25, -0.2) is 9.59 Å². The van der Waals surface area contributed by atoms with Gasteiger partial charge in [-0.2, -0.15) is 0 Å². The molecule has 39 heavy (non-hydrogen) atoms. The van der Waals surface area contributed by atoms with E-state index in [1.54, 1.807) is 48.5 Å². The molecule has 1 aromatic heterocycles. The maximum absolute atomic E-state index is 12.7. The molecule has 11 heteroatoms. The fourth-order valence-corrected chi connectivity index (χ4v) is 3.46. The topological polar surface area (TPSA) is 141 Å². The zero-order valence-corrected chi connectivity index (χ0v) is 20.9. The maximum atomic E-state index is 12.7. The van der Waals surface area contributed by atoms with Gasteiger partial charge in [-0.15, -0.1) is 0 Å². The van der Waals surface area contributed by atoms with E-state index in [9.17, 15) is 19.6 Å². The number of carbonyl (C=O) groups is 3. The van der Waals surface area contributed by atoms with E-state index in [4.69, 9.17) is 18.9 Å². The van der Waals surface area contributed by atoms with Crippen molar-refractivity contribution in [3.05, 3.63) is 101 Å². The SMILES string of the molecule is COc1cc(/C=C/C(=O)OCc2c(-c3ccccc3)no[n+]2[O-])ccc1OC(=O)c1ccccc1OC(C)=O. The average Bonchev–Trinajstić information content (AvgIpc) is 3.31. The highest BCUT2D eigenvalue weighted by Gasteiger charge is 2.22. The number of hydrogen-bond acceptors (Lipinski definition) is 10. The van der Waals surface area contributed by atoms with Crippen molar-refractivity contribution in [2.24, 2.45) is 0 Å². The van der Waals surface area contributed by atoms with E-state index in [0.717, 1.165) is 0 Å². The molecule has 0 saturated heterocycles. The van der Waals surface area contributed by atoms with Crippen LogP contribution in [0.5, 0.6) is 17.2 Å². The van der Waals surface area contributed by atoms with Crippen LogP contribution in [0.25, 0.3) is 17.3 Å². The van der Waals surface area contributed by atoms with E-state index in [1.165, 1.54) is 44.4 Å². The predicted molar refractivity (Wildman–Crippen MR) is 135 cm³/mol. The van der Waals surface area contributed by atoms with Crippen molar-refractivity contribution in [3.63, 3.8) is 0 Å². The molecule has 0 radical (unpaired) electrons. The van der Waals surface area contributed by atoms with Crippen molar-refractivity contribution in [2.45, 2.75) is 13.5 Å². The molecule has 0 aliphatic heterocycles. The Morgan fingerprint density at radius 3 is 2.44 bits per heavy atom. The van der Waals surface area contributed by atoms with Crippen LogP contribution in [0.15, 0.2) is 83.5 Å². The van der Waals surface area contributed by atoms with Gasteiger partial charge in [0.25, 0.3) is 5.69 Å². The Kier molecular flexibility index (Phi) is 8.32. The second kappa shape index (κ2) is 12.2. The Bertz CT molecular complexity index is 1530. The van der Waals surface area contributed by atoms with Crippen LogP contribution in [0, 0.1) is 5.21 Å². The summed E-state index contributed by atoms with van der Waals surface area (Å²) in [6.45, 7) is 0.872. The molecule has 0 amide bonds. The van der Waals surface area contributed by atoms with Crippen LogP contribution in [0.2, 0.25) is 0 Å². The number of hydrogen-bond donors (Lipinski definition) is 0. The molecule has 0 aliphatic rings. The van der Waals surface area contributed by atoms with Crippen LogP contribution in [0.4, 0.5) is 0 Å². The molecule has 4 aromatic rings. The third-order valence-electron chi connectivity index (χ3n) is 5.26. The monoisotopic (exact) mass is 530 g/mol. The van der Waals surface area contributed by atoms with E-state index in [2.05, 4.69) is 9.79 Å². The molecular formula is C28H22N2O9. The summed E-state index contributed by atoms with van der Waals surface area (Å²) in [6, 6.07) is 19.7. The Balaban J connectivity index is 1.41. The number of benzene rings is 3. The summed E-state index contributed by atoms with van der Waals surface area (Å²) in [6.07, 6.45) is 2.63. The van der Waals surface area contributed by atoms with Crippen molar-refractivity contribution in [3.8, 4) is 28.5 Å². The smallest absolute Gasteiger partial charge is 0.347 e. The van der Waals surface area contributed by atoms with Gasteiger partial charge in [-0.05, 0) is 40.8 Å². The Labute approximate surface area is 222 Å². The lowest BCUT2D eigenvalue weighted by molar-refractivity contribution is -0.808. The molecule has 0 spiro atoms. The van der Waals surface area contributed by atoms with Crippen molar-refractivity contribution in [2.75, 3.05) is 7.11 Å². The lowest BCUT2D eigenvalue weighted by Crippen LogP contribution is -2.29. The third kappa shape index (κ3) is 6.66. The van der Waals surface area contributed by atoms with Gasteiger partial charge < -0.3 is 24.2 Å². The minimum Gasteiger partial charge on any atom is -0.493 e. The highest BCUT2D eigenvalue weighted by atomic mass is 16.8. The van der Waals surface area contributed by atoms with Crippen molar-refractivity contribution < 1.29 is 42.9 Å². The van der Waals surface area contributed by atoms with Gasteiger partial charge in [0.05, 0.1) is 7.11 Å². The lowest BCUT2D eigenvalue weighted by atomic mass is 10.1. The number of rotatable bonds is 9. The van der Waals surface area contributed by atoms with Crippen LogP contribution >= 0.6 is 0 Å². The molecular weight excluding hydrogens is 508 g/mol. The molecule has 0 aliphatic carbocycles. The van der Waals surface area contributed by atoms with Gasteiger partial charge in [0.1, 0.15) is 11.3 Å². The molecule has 1 heterocycles. The maximum Gasteiger partial charge on any atom is 0.347 e. The molecule has 0 unspecified atom stereocenters. The van der Waals surface area contributed by atoms with Gasteiger partial charge in [0, 0.05) is 23.7 Å². The number of esters is 3. The summed E-state index contributed by atoms with van der Waals surface area (Å²) < 4.78 is 25.7. The van der Waals surface area contributed by atoms with Gasteiger partial charge in [-0.3, -0.25) is 9.42 Å². The first-order chi connectivity index (χ1) is 18.9. The summed E-state index contributed by atoms with van der Waals surface area (Å²) in [5, 5.41) is 15.7. The van der Waals surface area contributed by atoms with Crippen LogP contribution < -0.4 is 19.1 Å². The summed E-state index contributed by atoms with van der Waals surface area (Å²) in [5.74, 6) is -1.65. The molecule has 3 aromatic carbocycles. The number of para-hydroxylation sites is 1. The van der Waals surface area contributed by atoms with E-state index < -0.39 is 17.9 Å². The Morgan fingerprint density at radius 2 is 1.69 bits per heavy atom. The highest BCUT2D eigenvalue weighted by Crippen LogP contribution is 2.30. The van der Waals surface area contributed by atoms with E-state index in [1.807, 2.05) is 6.07 Å². The molecule has 0 bridgehead atoms. The molecule has 0 atom stereocenters. The predicted octanol–water partition coefficient (Wildman–Crippen LogP) is 3.88. The fraction of sp³-hybridized carbons (Fsp3) is 0.107. The summed E-state index contributed by atoms with van der Waals surface area (Å²) in [5.41, 5.74) is 1.56. The highest BCUT2D eigenvalue weighted by molar-refractivity contribution is 5.95. The van der Waals surface area contributed by atoms with Gasteiger partial charge in [-0.1, -0.05) is 48.5 Å². The van der Waals surface area contributed by atoms with Crippen molar-refractivity contribution >= 4 is 24.0 Å². The standard InChI is InChI=1S/C28H22N2O9/c1-18(31)37-23-11-7-6-10-21(23)28(33)38-24-14-12-19(16-25(24)35-2)13-15-26(32)36-17-22-27(29-39-30(22)34)20-8-4-3-5-9-20/h3-16H,17H2,1-2H3/b15-13+. The summed E-state index contributed by atoms with van der Waals surface area (Å²) in [4.78, 5) is 36.5. The lowest BCUT2D eigenvalue weighted by Gasteiger charge is -2.12. The van der Waals surface area contributed by atoms with Crippen LogP contribution in [0.1, 0.15) is 28.5 Å². The second-order valence-electron chi connectivity index (χ2n) is 7.92. The number of aromatic nitrogens is 2. The summed E-state index contributed by atoms with van der Waals surface area (Å²) >= 11 is 0.